The number of halogens is 1. The zero-order valence-electron chi connectivity index (χ0n) is 17.3. The number of rotatable bonds is 5. The van der Waals surface area contributed by atoms with Gasteiger partial charge in [0.1, 0.15) is 11.6 Å². The van der Waals surface area contributed by atoms with E-state index < -0.39 is 0 Å². The van der Waals surface area contributed by atoms with E-state index in [9.17, 15) is 9.18 Å². The minimum atomic E-state index is -0.302. The average molecular weight is 412 g/mol. The topological polar surface area (TPSA) is 67.8 Å². The largest absolute Gasteiger partial charge is 0.310 e. The van der Waals surface area contributed by atoms with Crippen molar-refractivity contribution in [1.82, 2.24) is 15.0 Å². The van der Waals surface area contributed by atoms with Crippen LogP contribution in [0, 0.1) is 19.7 Å². The Bertz CT molecular complexity index is 1240. The van der Waals surface area contributed by atoms with Gasteiger partial charge in [-0.3, -0.25) is 14.8 Å². The highest BCUT2D eigenvalue weighted by molar-refractivity contribution is 5.91. The molecule has 0 spiro atoms. The van der Waals surface area contributed by atoms with E-state index in [0.29, 0.717) is 5.82 Å². The van der Waals surface area contributed by atoms with Crippen LogP contribution in [0.5, 0.6) is 0 Å². The summed E-state index contributed by atoms with van der Waals surface area (Å²) in [6.07, 6.45) is 5.29. The fraction of sp³-hybridized carbons (Fsp3) is 0.120. The molecule has 1 amide bonds. The normalized spacial score (nSPS) is 10.7. The van der Waals surface area contributed by atoms with Crippen molar-refractivity contribution in [2.24, 2.45) is 0 Å². The second-order valence-electron chi connectivity index (χ2n) is 7.36. The smallest absolute Gasteiger partial charge is 0.230 e. The summed E-state index contributed by atoms with van der Waals surface area (Å²) in [6, 6.07) is 15.7. The molecular weight excluding hydrogens is 391 g/mol. The monoisotopic (exact) mass is 412 g/mol. The number of pyridine rings is 3. The van der Waals surface area contributed by atoms with E-state index in [-0.39, 0.29) is 18.1 Å². The number of aromatic nitrogens is 3. The number of amides is 1. The molecule has 0 saturated heterocycles. The molecular formula is C25H21FN4O. The summed E-state index contributed by atoms with van der Waals surface area (Å²) >= 11 is 0. The van der Waals surface area contributed by atoms with Crippen LogP contribution < -0.4 is 5.32 Å². The minimum absolute atomic E-state index is 0.181. The zero-order valence-corrected chi connectivity index (χ0v) is 17.3. The van der Waals surface area contributed by atoms with Crippen LogP contribution in [0.25, 0.3) is 22.4 Å². The van der Waals surface area contributed by atoms with Gasteiger partial charge in [0, 0.05) is 35.4 Å². The highest BCUT2D eigenvalue weighted by Gasteiger charge is 2.10. The third-order valence-corrected chi connectivity index (χ3v) is 4.86. The Labute approximate surface area is 180 Å². The van der Waals surface area contributed by atoms with Crippen molar-refractivity contribution < 1.29 is 9.18 Å². The van der Waals surface area contributed by atoms with Crippen LogP contribution in [0.1, 0.15) is 16.8 Å². The first kappa shape index (κ1) is 20.3. The molecule has 0 fully saturated rings. The van der Waals surface area contributed by atoms with Gasteiger partial charge in [-0.2, -0.15) is 0 Å². The van der Waals surface area contributed by atoms with Crippen LogP contribution in [-0.4, -0.2) is 20.9 Å². The van der Waals surface area contributed by atoms with Gasteiger partial charge in [0.15, 0.2) is 0 Å². The van der Waals surface area contributed by atoms with Crippen LogP contribution in [0.2, 0.25) is 0 Å². The van der Waals surface area contributed by atoms with Gasteiger partial charge in [0.2, 0.25) is 5.91 Å². The quantitative estimate of drug-likeness (QED) is 0.493. The van der Waals surface area contributed by atoms with Crippen molar-refractivity contribution in [3.05, 3.63) is 95.8 Å². The number of nitrogens with zero attached hydrogens (tertiary/aromatic N) is 3. The molecule has 4 rings (SSSR count). The number of carbonyl (C=O) groups is 1. The molecule has 0 atom stereocenters. The average Bonchev–Trinajstić information content (AvgIpc) is 2.74. The van der Waals surface area contributed by atoms with Gasteiger partial charge in [-0.25, -0.2) is 9.37 Å². The third-order valence-electron chi connectivity index (χ3n) is 4.86. The lowest BCUT2D eigenvalue weighted by Crippen LogP contribution is -2.15. The predicted octanol–water partition coefficient (Wildman–Crippen LogP) is 5.14. The van der Waals surface area contributed by atoms with Crippen LogP contribution >= 0.6 is 0 Å². The second kappa shape index (κ2) is 8.83. The summed E-state index contributed by atoms with van der Waals surface area (Å²) in [5.41, 5.74) is 6.14. The molecule has 1 aromatic carbocycles. The van der Waals surface area contributed by atoms with E-state index in [1.54, 1.807) is 36.8 Å². The van der Waals surface area contributed by atoms with Gasteiger partial charge >= 0.3 is 0 Å². The van der Waals surface area contributed by atoms with E-state index in [2.05, 4.69) is 20.3 Å². The summed E-state index contributed by atoms with van der Waals surface area (Å²) < 4.78 is 13.4. The highest BCUT2D eigenvalue weighted by Crippen LogP contribution is 2.23. The molecule has 31 heavy (non-hydrogen) atoms. The summed E-state index contributed by atoms with van der Waals surface area (Å²) in [6.45, 7) is 3.92. The van der Waals surface area contributed by atoms with Crippen molar-refractivity contribution in [2.75, 3.05) is 5.32 Å². The number of nitrogens with one attached hydrogen (secondary N) is 1. The molecule has 0 aliphatic rings. The fourth-order valence-corrected chi connectivity index (χ4v) is 3.40. The maximum absolute atomic E-state index is 13.4. The Morgan fingerprint density at radius 3 is 2.48 bits per heavy atom. The maximum atomic E-state index is 13.4. The van der Waals surface area contributed by atoms with E-state index in [1.165, 1.54) is 12.1 Å². The van der Waals surface area contributed by atoms with Gasteiger partial charge in [0.05, 0.1) is 12.1 Å². The predicted molar refractivity (Wildman–Crippen MR) is 119 cm³/mol. The number of anilines is 1. The van der Waals surface area contributed by atoms with Gasteiger partial charge in [-0.1, -0.05) is 18.2 Å². The van der Waals surface area contributed by atoms with Crippen LogP contribution in [0.15, 0.2) is 73.2 Å². The molecule has 0 unspecified atom stereocenters. The maximum Gasteiger partial charge on any atom is 0.230 e. The van der Waals surface area contributed by atoms with Crippen molar-refractivity contribution in [3.8, 4) is 22.4 Å². The van der Waals surface area contributed by atoms with E-state index in [4.69, 9.17) is 0 Å². The van der Waals surface area contributed by atoms with Crippen molar-refractivity contribution in [1.29, 1.82) is 0 Å². The summed E-state index contributed by atoms with van der Waals surface area (Å²) in [5.74, 6) is -0.0395. The number of hydrogen-bond donors (Lipinski definition) is 1. The molecule has 0 saturated carbocycles. The first-order valence-electron chi connectivity index (χ1n) is 9.88. The lowest BCUT2D eigenvalue weighted by Gasteiger charge is -2.09. The Morgan fingerprint density at radius 1 is 0.903 bits per heavy atom. The number of carbonyl (C=O) groups excluding carboxylic acids is 1. The fourth-order valence-electron chi connectivity index (χ4n) is 3.40. The molecule has 0 bridgehead atoms. The number of benzene rings is 1. The SMILES string of the molecule is Cc1cc(-c2ncc(CC(=O)Nc3ccc(-c4cccc(F)c4)cn3)cc2C)ccn1. The molecule has 3 aromatic heterocycles. The first-order valence-corrected chi connectivity index (χ1v) is 9.88. The lowest BCUT2D eigenvalue weighted by molar-refractivity contribution is -0.115. The van der Waals surface area contributed by atoms with Crippen LogP contribution in [0.4, 0.5) is 10.2 Å². The van der Waals surface area contributed by atoms with E-state index >= 15 is 0 Å². The highest BCUT2D eigenvalue weighted by atomic mass is 19.1. The molecule has 4 aromatic rings. The Balaban J connectivity index is 1.42. The Morgan fingerprint density at radius 2 is 1.77 bits per heavy atom. The van der Waals surface area contributed by atoms with Gasteiger partial charge < -0.3 is 5.32 Å². The molecule has 154 valence electrons. The van der Waals surface area contributed by atoms with Crippen molar-refractivity contribution >= 4 is 11.7 Å². The zero-order chi connectivity index (χ0) is 21.8. The summed E-state index contributed by atoms with van der Waals surface area (Å²) in [5, 5.41) is 2.79. The molecule has 0 aliphatic carbocycles. The van der Waals surface area contributed by atoms with Crippen molar-refractivity contribution in [3.63, 3.8) is 0 Å². The van der Waals surface area contributed by atoms with Crippen molar-refractivity contribution in [2.45, 2.75) is 20.3 Å². The molecule has 5 nitrogen and oxygen atoms in total. The molecule has 1 N–H and O–H groups in total. The van der Waals surface area contributed by atoms with E-state index in [0.717, 1.165) is 39.2 Å². The van der Waals surface area contributed by atoms with E-state index in [1.807, 2.05) is 38.1 Å². The summed E-state index contributed by atoms with van der Waals surface area (Å²) in [4.78, 5) is 25.5. The molecule has 0 radical (unpaired) electrons. The standard InChI is InChI=1S/C25H21FN4O/c1-16-10-18(14-29-25(16)20-8-9-27-17(2)11-20)12-24(31)30-23-7-6-21(15-28-23)19-4-3-5-22(26)13-19/h3-11,13-15H,12H2,1-2H3,(H,28,30,31). The molecule has 3 heterocycles. The number of hydrogen-bond acceptors (Lipinski definition) is 4. The number of aryl methyl sites for hydroxylation is 2. The van der Waals surface area contributed by atoms with Gasteiger partial charge in [-0.05, 0) is 66.9 Å². The lowest BCUT2D eigenvalue weighted by atomic mass is 10.0. The summed E-state index contributed by atoms with van der Waals surface area (Å²) in [7, 11) is 0. The molecule has 6 heteroatoms. The Kier molecular flexibility index (Phi) is 5.80. The molecule has 0 aliphatic heterocycles. The third kappa shape index (κ3) is 4.98. The Hall–Kier alpha value is -3.93. The second-order valence-corrected chi connectivity index (χ2v) is 7.36. The van der Waals surface area contributed by atoms with Crippen LogP contribution in [0.3, 0.4) is 0 Å². The minimum Gasteiger partial charge on any atom is -0.310 e. The van der Waals surface area contributed by atoms with Gasteiger partial charge in [-0.15, -0.1) is 0 Å². The van der Waals surface area contributed by atoms with Crippen LogP contribution in [-0.2, 0) is 11.2 Å². The van der Waals surface area contributed by atoms with Gasteiger partial charge in [0.25, 0.3) is 0 Å². The first-order chi connectivity index (χ1) is 15.0.